The Morgan fingerprint density at radius 2 is 2.14 bits per heavy atom. The van der Waals surface area contributed by atoms with Crippen LogP contribution in [0.1, 0.15) is 55.8 Å². The molecule has 1 fully saturated rings. The highest BCUT2D eigenvalue weighted by Crippen LogP contribution is 2.49. The lowest BCUT2D eigenvalue weighted by Crippen LogP contribution is -2.38. The second-order valence-corrected chi connectivity index (χ2v) is 7.91. The van der Waals surface area contributed by atoms with Gasteiger partial charge in [0.25, 0.3) is 0 Å². The number of ether oxygens (including phenoxy) is 1. The zero-order valence-corrected chi connectivity index (χ0v) is 14.9. The van der Waals surface area contributed by atoms with Crippen LogP contribution < -0.4 is 10.1 Å². The number of thioether (sulfide) groups is 1. The Morgan fingerprint density at radius 1 is 1.38 bits per heavy atom. The van der Waals surface area contributed by atoms with Gasteiger partial charge in [-0.15, -0.1) is 0 Å². The summed E-state index contributed by atoms with van der Waals surface area (Å²) in [5, 5.41) is 3.79. The van der Waals surface area contributed by atoms with Crippen molar-refractivity contribution in [1.82, 2.24) is 5.32 Å². The number of nitrogens with one attached hydrogen (secondary N) is 1. The summed E-state index contributed by atoms with van der Waals surface area (Å²) in [5.74, 6) is 2.34. The van der Waals surface area contributed by atoms with Gasteiger partial charge >= 0.3 is 0 Å². The van der Waals surface area contributed by atoms with Gasteiger partial charge in [0.1, 0.15) is 5.75 Å². The van der Waals surface area contributed by atoms with Gasteiger partial charge in [-0.25, -0.2) is 0 Å². The Balaban J connectivity index is 2.43. The molecule has 0 aliphatic carbocycles. The van der Waals surface area contributed by atoms with Gasteiger partial charge in [0.05, 0.1) is 13.2 Å². The van der Waals surface area contributed by atoms with Crippen LogP contribution in [0.3, 0.4) is 0 Å². The molecule has 1 heterocycles. The standard InChI is InChI=1S/C18H29NOS/c1-6-11-19-17(18(4)10-7-12-21-18)15-9-8-13(2)14(3)16(15)20-5/h8-9,17,19H,6-7,10-12H2,1-5H3. The van der Waals surface area contributed by atoms with Crippen molar-refractivity contribution in [1.29, 1.82) is 0 Å². The van der Waals surface area contributed by atoms with Crippen LogP contribution in [0.2, 0.25) is 0 Å². The monoisotopic (exact) mass is 307 g/mol. The van der Waals surface area contributed by atoms with Crippen molar-refractivity contribution in [3.05, 3.63) is 28.8 Å². The van der Waals surface area contributed by atoms with E-state index in [2.05, 4.69) is 56.9 Å². The molecule has 0 amide bonds. The van der Waals surface area contributed by atoms with Crippen LogP contribution in [0.4, 0.5) is 0 Å². The summed E-state index contributed by atoms with van der Waals surface area (Å²) in [7, 11) is 1.80. The van der Waals surface area contributed by atoms with Crippen molar-refractivity contribution < 1.29 is 4.74 Å². The molecule has 0 bridgehead atoms. The highest BCUT2D eigenvalue weighted by atomic mass is 32.2. The summed E-state index contributed by atoms with van der Waals surface area (Å²) in [6, 6.07) is 4.86. The van der Waals surface area contributed by atoms with E-state index in [-0.39, 0.29) is 4.75 Å². The number of hydrogen-bond acceptors (Lipinski definition) is 3. The fourth-order valence-electron chi connectivity index (χ4n) is 3.28. The highest BCUT2D eigenvalue weighted by Gasteiger charge is 2.39. The third-order valence-electron chi connectivity index (χ3n) is 4.68. The Kier molecular flexibility index (Phi) is 5.61. The van der Waals surface area contributed by atoms with Gasteiger partial charge < -0.3 is 10.1 Å². The van der Waals surface area contributed by atoms with Gasteiger partial charge in [0.15, 0.2) is 0 Å². The number of hydrogen-bond donors (Lipinski definition) is 1. The van der Waals surface area contributed by atoms with Crippen molar-refractivity contribution in [3.63, 3.8) is 0 Å². The fourth-order valence-corrected chi connectivity index (χ4v) is 4.70. The van der Waals surface area contributed by atoms with Gasteiger partial charge in [-0.1, -0.05) is 19.1 Å². The molecule has 1 N–H and O–H groups in total. The lowest BCUT2D eigenvalue weighted by Gasteiger charge is -2.36. The first-order valence-electron chi connectivity index (χ1n) is 8.05. The van der Waals surface area contributed by atoms with Gasteiger partial charge in [-0.05, 0) is 63.5 Å². The van der Waals surface area contributed by atoms with Crippen molar-refractivity contribution in [2.24, 2.45) is 0 Å². The maximum atomic E-state index is 5.77. The molecule has 1 aromatic carbocycles. The van der Waals surface area contributed by atoms with Crippen LogP contribution in [0.5, 0.6) is 5.75 Å². The summed E-state index contributed by atoms with van der Waals surface area (Å²) < 4.78 is 6.04. The summed E-state index contributed by atoms with van der Waals surface area (Å²) in [5.41, 5.74) is 3.89. The van der Waals surface area contributed by atoms with Crippen LogP contribution in [0.15, 0.2) is 12.1 Å². The molecule has 0 spiro atoms. The summed E-state index contributed by atoms with van der Waals surface area (Å²) >= 11 is 2.11. The number of methoxy groups -OCH3 is 1. The van der Waals surface area contributed by atoms with E-state index in [0.29, 0.717) is 6.04 Å². The van der Waals surface area contributed by atoms with Crippen molar-refractivity contribution >= 4 is 11.8 Å². The maximum Gasteiger partial charge on any atom is 0.126 e. The normalized spacial score (nSPS) is 23.3. The van der Waals surface area contributed by atoms with Crippen molar-refractivity contribution in [2.75, 3.05) is 19.4 Å². The first kappa shape index (κ1) is 16.7. The molecule has 21 heavy (non-hydrogen) atoms. The second-order valence-electron chi connectivity index (χ2n) is 6.28. The Hall–Kier alpha value is -0.670. The van der Waals surface area contributed by atoms with E-state index in [1.165, 1.54) is 35.3 Å². The molecule has 0 aromatic heterocycles. The molecule has 1 saturated heterocycles. The smallest absolute Gasteiger partial charge is 0.126 e. The summed E-state index contributed by atoms with van der Waals surface area (Å²) in [6.45, 7) is 10.0. The second kappa shape index (κ2) is 7.06. The van der Waals surface area contributed by atoms with Crippen LogP contribution in [-0.4, -0.2) is 24.2 Å². The molecule has 1 aliphatic rings. The lowest BCUT2D eigenvalue weighted by atomic mass is 9.88. The molecule has 0 saturated carbocycles. The number of aryl methyl sites for hydroxylation is 1. The zero-order valence-electron chi connectivity index (χ0n) is 14.1. The molecule has 2 rings (SSSR count). The fraction of sp³-hybridized carbons (Fsp3) is 0.667. The predicted molar refractivity (Wildman–Crippen MR) is 93.6 cm³/mol. The Morgan fingerprint density at radius 3 is 2.71 bits per heavy atom. The number of benzene rings is 1. The SMILES string of the molecule is CCCNC(c1ccc(C)c(C)c1OC)C1(C)CCCS1. The predicted octanol–water partition coefficient (Wildman–Crippen LogP) is 4.64. The lowest BCUT2D eigenvalue weighted by molar-refractivity contribution is 0.370. The first-order chi connectivity index (χ1) is 10.0. The van der Waals surface area contributed by atoms with E-state index in [1.54, 1.807) is 7.11 Å². The molecular weight excluding hydrogens is 278 g/mol. The van der Waals surface area contributed by atoms with Crippen LogP contribution in [0, 0.1) is 13.8 Å². The van der Waals surface area contributed by atoms with Gasteiger partial charge in [-0.2, -0.15) is 11.8 Å². The summed E-state index contributed by atoms with van der Waals surface area (Å²) in [6.07, 6.45) is 3.75. The van der Waals surface area contributed by atoms with Crippen molar-refractivity contribution in [3.8, 4) is 5.75 Å². The van der Waals surface area contributed by atoms with Gasteiger partial charge in [0.2, 0.25) is 0 Å². The van der Waals surface area contributed by atoms with E-state index in [1.807, 2.05) is 0 Å². The molecule has 1 aromatic rings. The molecule has 2 unspecified atom stereocenters. The average Bonchev–Trinajstić information content (AvgIpc) is 2.91. The molecule has 0 radical (unpaired) electrons. The van der Waals surface area contributed by atoms with E-state index in [4.69, 9.17) is 4.74 Å². The molecule has 118 valence electrons. The maximum absolute atomic E-state index is 5.77. The third-order valence-corrected chi connectivity index (χ3v) is 6.27. The minimum absolute atomic E-state index is 0.268. The Labute approximate surface area is 134 Å². The molecule has 2 atom stereocenters. The minimum Gasteiger partial charge on any atom is -0.496 e. The molecule has 1 aliphatic heterocycles. The quantitative estimate of drug-likeness (QED) is 0.827. The van der Waals surface area contributed by atoms with Crippen LogP contribution in [0.25, 0.3) is 0 Å². The van der Waals surface area contributed by atoms with Crippen molar-refractivity contribution in [2.45, 2.75) is 57.7 Å². The van der Waals surface area contributed by atoms with E-state index >= 15 is 0 Å². The largest absolute Gasteiger partial charge is 0.496 e. The summed E-state index contributed by atoms with van der Waals surface area (Å²) in [4.78, 5) is 0. The van der Waals surface area contributed by atoms with Crippen LogP contribution in [-0.2, 0) is 0 Å². The minimum atomic E-state index is 0.268. The first-order valence-corrected chi connectivity index (χ1v) is 9.03. The van der Waals surface area contributed by atoms with Crippen LogP contribution >= 0.6 is 11.8 Å². The molecule has 2 nitrogen and oxygen atoms in total. The third kappa shape index (κ3) is 3.40. The topological polar surface area (TPSA) is 21.3 Å². The average molecular weight is 308 g/mol. The zero-order chi connectivity index (χ0) is 15.5. The van der Waals surface area contributed by atoms with Gasteiger partial charge in [0, 0.05) is 10.3 Å². The van der Waals surface area contributed by atoms with E-state index < -0.39 is 0 Å². The van der Waals surface area contributed by atoms with E-state index in [0.717, 1.165) is 18.7 Å². The number of rotatable bonds is 6. The highest BCUT2D eigenvalue weighted by molar-refractivity contribution is 8.00. The molecule has 3 heteroatoms. The van der Waals surface area contributed by atoms with Gasteiger partial charge in [-0.3, -0.25) is 0 Å². The Bertz CT molecular complexity index is 480. The van der Waals surface area contributed by atoms with E-state index in [9.17, 15) is 0 Å². The molecular formula is C18H29NOS.